The van der Waals surface area contributed by atoms with Gasteiger partial charge in [-0.05, 0) is 37.2 Å². The normalized spacial score (nSPS) is 20.0. The summed E-state index contributed by atoms with van der Waals surface area (Å²) in [5.41, 5.74) is 0. The molecule has 120 valence electrons. The van der Waals surface area contributed by atoms with Gasteiger partial charge in [-0.2, -0.15) is 0 Å². The van der Waals surface area contributed by atoms with E-state index in [-0.39, 0.29) is 0 Å². The summed E-state index contributed by atoms with van der Waals surface area (Å²) < 4.78 is 0. The Kier molecular flexibility index (Phi) is 5.31. The van der Waals surface area contributed by atoms with E-state index >= 15 is 0 Å². The van der Waals surface area contributed by atoms with E-state index in [1.807, 2.05) is 12.1 Å². The zero-order valence-electron chi connectivity index (χ0n) is 12.8. The first-order valence-electron chi connectivity index (χ1n) is 8.11. The minimum Gasteiger partial charge on any atom is -0.360 e. The average Bonchev–Trinajstić information content (AvgIpc) is 3.05. The van der Waals surface area contributed by atoms with E-state index in [9.17, 15) is 4.79 Å². The first kappa shape index (κ1) is 15.7. The SMILES string of the molecule is O=Cc1ccc(N2CCN(C(=S)NC3CCCCC3)CC2)s1. The van der Waals surface area contributed by atoms with Crippen LogP contribution >= 0.6 is 23.6 Å². The van der Waals surface area contributed by atoms with Crippen LogP contribution in [-0.4, -0.2) is 48.5 Å². The average molecular weight is 338 g/mol. The fourth-order valence-corrected chi connectivity index (χ4v) is 4.44. The predicted molar refractivity (Wildman–Crippen MR) is 96.1 cm³/mol. The molecular formula is C16H23N3OS2. The van der Waals surface area contributed by atoms with E-state index in [4.69, 9.17) is 12.2 Å². The Morgan fingerprint density at radius 3 is 2.55 bits per heavy atom. The van der Waals surface area contributed by atoms with Crippen LogP contribution < -0.4 is 10.2 Å². The summed E-state index contributed by atoms with van der Waals surface area (Å²) in [5, 5.41) is 5.66. The topological polar surface area (TPSA) is 35.6 Å². The quantitative estimate of drug-likeness (QED) is 0.678. The van der Waals surface area contributed by atoms with Crippen LogP contribution in [0.15, 0.2) is 12.1 Å². The summed E-state index contributed by atoms with van der Waals surface area (Å²) in [6.07, 6.45) is 7.45. The molecule has 0 atom stereocenters. The van der Waals surface area contributed by atoms with Crippen molar-refractivity contribution < 1.29 is 4.79 Å². The Hall–Kier alpha value is -1.14. The number of piperazine rings is 1. The first-order chi connectivity index (χ1) is 10.8. The number of carbonyl (C=O) groups is 1. The van der Waals surface area contributed by atoms with E-state index in [0.717, 1.165) is 42.5 Å². The van der Waals surface area contributed by atoms with Gasteiger partial charge in [-0.1, -0.05) is 19.3 Å². The van der Waals surface area contributed by atoms with Crippen LogP contribution in [0.5, 0.6) is 0 Å². The molecule has 1 aromatic rings. The van der Waals surface area contributed by atoms with Crippen molar-refractivity contribution in [1.82, 2.24) is 10.2 Å². The number of thiocarbonyl (C=S) groups is 1. The zero-order valence-corrected chi connectivity index (χ0v) is 14.4. The number of hydrogen-bond acceptors (Lipinski definition) is 4. The highest BCUT2D eigenvalue weighted by Crippen LogP contribution is 2.26. The fraction of sp³-hybridized carbons (Fsp3) is 0.625. The highest BCUT2D eigenvalue weighted by Gasteiger charge is 2.22. The van der Waals surface area contributed by atoms with Crippen LogP contribution in [0.4, 0.5) is 5.00 Å². The lowest BCUT2D eigenvalue weighted by atomic mass is 9.96. The lowest BCUT2D eigenvalue weighted by molar-refractivity contribution is 0.112. The van der Waals surface area contributed by atoms with Crippen molar-refractivity contribution in [3.8, 4) is 0 Å². The van der Waals surface area contributed by atoms with Crippen LogP contribution in [0, 0.1) is 0 Å². The Balaban J connectivity index is 1.48. The number of rotatable bonds is 3. The molecule has 2 aliphatic rings. The molecule has 1 saturated carbocycles. The van der Waals surface area contributed by atoms with Crippen molar-refractivity contribution in [1.29, 1.82) is 0 Å². The van der Waals surface area contributed by atoms with Gasteiger partial charge >= 0.3 is 0 Å². The number of nitrogens with one attached hydrogen (secondary N) is 1. The lowest BCUT2D eigenvalue weighted by Gasteiger charge is -2.38. The third-order valence-corrected chi connectivity index (χ3v) is 5.99. The maximum Gasteiger partial charge on any atom is 0.169 e. The summed E-state index contributed by atoms with van der Waals surface area (Å²) in [5.74, 6) is 0. The van der Waals surface area contributed by atoms with E-state index < -0.39 is 0 Å². The molecule has 1 aliphatic heterocycles. The van der Waals surface area contributed by atoms with Gasteiger partial charge in [0.15, 0.2) is 11.4 Å². The molecule has 3 rings (SSSR count). The van der Waals surface area contributed by atoms with Gasteiger partial charge in [-0.3, -0.25) is 4.79 Å². The van der Waals surface area contributed by atoms with E-state index in [2.05, 4.69) is 15.1 Å². The van der Waals surface area contributed by atoms with Gasteiger partial charge in [0.25, 0.3) is 0 Å². The smallest absolute Gasteiger partial charge is 0.169 e. The largest absolute Gasteiger partial charge is 0.360 e. The lowest BCUT2D eigenvalue weighted by Crippen LogP contribution is -2.53. The molecule has 6 heteroatoms. The maximum atomic E-state index is 10.8. The van der Waals surface area contributed by atoms with Gasteiger partial charge in [0.1, 0.15) is 0 Å². The summed E-state index contributed by atoms with van der Waals surface area (Å²) >= 11 is 7.15. The van der Waals surface area contributed by atoms with Gasteiger partial charge in [-0.25, -0.2) is 0 Å². The van der Waals surface area contributed by atoms with Crippen LogP contribution in [0.2, 0.25) is 0 Å². The van der Waals surface area contributed by atoms with Crippen molar-refractivity contribution >= 4 is 40.0 Å². The van der Waals surface area contributed by atoms with Crippen molar-refractivity contribution in [3.63, 3.8) is 0 Å². The molecule has 22 heavy (non-hydrogen) atoms. The Morgan fingerprint density at radius 2 is 1.91 bits per heavy atom. The molecular weight excluding hydrogens is 314 g/mol. The number of hydrogen-bond donors (Lipinski definition) is 1. The van der Waals surface area contributed by atoms with Crippen LogP contribution in [0.25, 0.3) is 0 Å². The summed E-state index contributed by atoms with van der Waals surface area (Å²) in [6, 6.07) is 4.52. The van der Waals surface area contributed by atoms with Gasteiger partial charge < -0.3 is 15.1 Å². The van der Waals surface area contributed by atoms with Crippen molar-refractivity contribution in [2.75, 3.05) is 31.1 Å². The molecule has 0 aromatic carbocycles. The van der Waals surface area contributed by atoms with Gasteiger partial charge in [-0.15, -0.1) is 11.3 Å². The van der Waals surface area contributed by atoms with Crippen molar-refractivity contribution in [2.45, 2.75) is 38.1 Å². The molecule has 0 radical (unpaired) electrons. The molecule has 2 heterocycles. The standard InChI is InChI=1S/C16H23N3OS2/c20-12-14-6-7-15(22-14)18-8-10-19(11-9-18)16(21)17-13-4-2-1-3-5-13/h6-7,12-13H,1-5,8-11H2,(H,17,21). The number of carbonyl (C=O) groups excluding carboxylic acids is 1. The Morgan fingerprint density at radius 1 is 1.18 bits per heavy atom. The number of aldehydes is 1. The van der Waals surface area contributed by atoms with Gasteiger partial charge in [0.2, 0.25) is 0 Å². The highest BCUT2D eigenvalue weighted by molar-refractivity contribution is 7.80. The molecule has 1 saturated heterocycles. The third-order valence-electron chi connectivity index (χ3n) is 4.54. The third kappa shape index (κ3) is 3.79. The summed E-state index contributed by atoms with van der Waals surface area (Å²) in [4.78, 5) is 16.2. The van der Waals surface area contributed by atoms with Crippen LogP contribution in [-0.2, 0) is 0 Å². The van der Waals surface area contributed by atoms with Crippen LogP contribution in [0.3, 0.4) is 0 Å². The van der Waals surface area contributed by atoms with Crippen molar-refractivity contribution in [2.24, 2.45) is 0 Å². The molecule has 0 unspecified atom stereocenters. The van der Waals surface area contributed by atoms with Gasteiger partial charge in [0, 0.05) is 32.2 Å². The molecule has 4 nitrogen and oxygen atoms in total. The number of anilines is 1. The molecule has 0 bridgehead atoms. The molecule has 1 aromatic heterocycles. The van der Waals surface area contributed by atoms with Crippen LogP contribution in [0.1, 0.15) is 41.8 Å². The second-order valence-corrected chi connectivity index (χ2v) is 7.53. The molecule has 1 aliphatic carbocycles. The van der Waals surface area contributed by atoms with E-state index in [1.165, 1.54) is 37.1 Å². The summed E-state index contributed by atoms with van der Waals surface area (Å²) in [6.45, 7) is 3.83. The van der Waals surface area contributed by atoms with Crippen molar-refractivity contribution in [3.05, 3.63) is 17.0 Å². The number of nitrogens with zero attached hydrogens (tertiary/aromatic N) is 2. The zero-order chi connectivity index (χ0) is 15.4. The summed E-state index contributed by atoms with van der Waals surface area (Å²) in [7, 11) is 0. The molecule has 0 amide bonds. The predicted octanol–water partition coefficient (Wildman–Crippen LogP) is 2.89. The molecule has 1 N–H and O–H groups in total. The maximum absolute atomic E-state index is 10.8. The minimum atomic E-state index is 0.576. The number of thiophene rings is 1. The monoisotopic (exact) mass is 337 g/mol. The molecule has 0 spiro atoms. The van der Waals surface area contributed by atoms with E-state index in [1.54, 1.807) is 11.3 Å². The Bertz CT molecular complexity index is 517. The fourth-order valence-electron chi connectivity index (χ4n) is 3.22. The highest BCUT2D eigenvalue weighted by atomic mass is 32.1. The van der Waals surface area contributed by atoms with E-state index in [0.29, 0.717) is 6.04 Å². The van der Waals surface area contributed by atoms with Gasteiger partial charge in [0.05, 0.1) is 9.88 Å². The Labute approximate surface area is 141 Å². The second-order valence-electron chi connectivity index (χ2n) is 6.05. The molecule has 2 fully saturated rings. The first-order valence-corrected chi connectivity index (χ1v) is 9.34. The second kappa shape index (κ2) is 7.42. The minimum absolute atomic E-state index is 0.576.